The topological polar surface area (TPSA) is 104 Å². The second-order valence-electron chi connectivity index (χ2n) is 12.9. The number of imide groups is 2. The van der Waals surface area contributed by atoms with E-state index in [9.17, 15) is 37.5 Å². The second-order valence-corrected chi connectivity index (χ2v) is 15.3. The molecule has 2 heterocycles. The van der Waals surface area contributed by atoms with Crippen molar-refractivity contribution < 1.29 is 51.0 Å². The van der Waals surface area contributed by atoms with Gasteiger partial charge in [0.1, 0.15) is 5.69 Å². The first-order valence-corrected chi connectivity index (χ1v) is 16.0. The van der Waals surface area contributed by atoms with Crippen LogP contribution in [-0.4, -0.2) is 56.0 Å². The summed E-state index contributed by atoms with van der Waals surface area (Å²) in [6.07, 6.45) is 1.00. The largest absolute Gasteiger partial charge is 0.504 e. The number of fused-ring (bicyclic) bond motifs is 4. The number of halogens is 8. The average molecular weight is 813 g/mol. The van der Waals surface area contributed by atoms with Crippen molar-refractivity contribution in [3.05, 3.63) is 62.0 Å². The molecule has 47 heavy (non-hydrogen) atoms. The van der Waals surface area contributed by atoms with Crippen molar-refractivity contribution in [2.75, 3.05) is 12.0 Å². The highest BCUT2D eigenvalue weighted by Crippen LogP contribution is 2.66. The van der Waals surface area contributed by atoms with E-state index < -0.39 is 104 Å². The van der Waals surface area contributed by atoms with Gasteiger partial charge in [0.2, 0.25) is 17.6 Å². The number of hydrogen-bond acceptors (Lipinski definition) is 6. The van der Waals surface area contributed by atoms with Crippen LogP contribution in [0.4, 0.5) is 27.6 Å². The number of methoxy groups -OCH3 is 1. The van der Waals surface area contributed by atoms with Gasteiger partial charge in [-0.15, -0.1) is 23.2 Å². The molecule has 0 aromatic heterocycles. The number of alkyl halides is 2. The SMILES string of the molecule is COc1cc([C@H]2C3=CC[C@@H]4C(=O)N(C(C)(C)C)C(=O)[C@@H]4[C@@H]3C[C@@]3(Cl)C(=O)N(c4c(F)c(F)c(F)c(F)c4F)C(=O)[C@@]23Cl)cc(I)c1O. The number of nitrogens with zero attached hydrogens (tertiary/aromatic N) is 2. The van der Waals surface area contributed by atoms with Crippen molar-refractivity contribution in [3.63, 3.8) is 0 Å². The summed E-state index contributed by atoms with van der Waals surface area (Å²) in [6, 6.07) is 2.68. The van der Waals surface area contributed by atoms with E-state index >= 15 is 8.78 Å². The van der Waals surface area contributed by atoms with Crippen LogP contribution in [0.5, 0.6) is 11.5 Å². The first-order chi connectivity index (χ1) is 21.7. The zero-order valence-corrected chi connectivity index (χ0v) is 28.5. The van der Waals surface area contributed by atoms with Crippen LogP contribution in [0.2, 0.25) is 0 Å². The van der Waals surface area contributed by atoms with Gasteiger partial charge < -0.3 is 9.84 Å². The van der Waals surface area contributed by atoms with E-state index in [4.69, 9.17) is 27.9 Å². The number of allylic oxidation sites excluding steroid dienone is 2. The summed E-state index contributed by atoms with van der Waals surface area (Å²) in [4.78, 5) is 51.6. The molecule has 0 radical (unpaired) electrons. The predicted octanol–water partition coefficient (Wildman–Crippen LogP) is 6.06. The summed E-state index contributed by atoms with van der Waals surface area (Å²) in [5.41, 5.74) is -2.39. The molecule has 1 N–H and O–H groups in total. The lowest BCUT2D eigenvalue weighted by molar-refractivity contribution is -0.145. The van der Waals surface area contributed by atoms with E-state index in [0.29, 0.717) is 5.57 Å². The van der Waals surface area contributed by atoms with Gasteiger partial charge in [-0.3, -0.25) is 24.1 Å². The molecule has 2 aliphatic heterocycles. The highest BCUT2D eigenvalue weighted by Gasteiger charge is 2.77. The van der Waals surface area contributed by atoms with Crippen LogP contribution in [0.1, 0.15) is 45.1 Å². The molecule has 4 amide bonds. The van der Waals surface area contributed by atoms with Crippen molar-refractivity contribution in [3.8, 4) is 11.5 Å². The Morgan fingerprint density at radius 3 is 2.04 bits per heavy atom. The number of likely N-dealkylation sites (tertiary alicyclic amines) is 1. The van der Waals surface area contributed by atoms with Crippen molar-refractivity contribution in [2.24, 2.45) is 17.8 Å². The molecule has 0 bridgehead atoms. The maximum Gasteiger partial charge on any atom is 0.258 e. The van der Waals surface area contributed by atoms with Crippen LogP contribution in [0.3, 0.4) is 0 Å². The predicted molar refractivity (Wildman–Crippen MR) is 165 cm³/mol. The van der Waals surface area contributed by atoms with E-state index in [2.05, 4.69) is 0 Å². The minimum absolute atomic E-state index is 0.0161. The van der Waals surface area contributed by atoms with Gasteiger partial charge in [-0.1, -0.05) is 11.6 Å². The zero-order chi connectivity index (χ0) is 34.9. The summed E-state index contributed by atoms with van der Waals surface area (Å²) >= 11 is 16.0. The Kier molecular flexibility index (Phi) is 7.76. The maximum atomic E-state index is 15.2. The third-order valence-electron chi connectivity index (χ3n) is 9.50. The number of phenolic OH excluding ortho intramolecular Hbond substituents is 1. The lowest BCUT2D eigenvalue weighted by Gasteiger charge is -2.50. The molecule has 2 aromatic carbocycles. The average Bonchev–Trinajstić information content (AvgIpc) is 3.35. The number of ether oxygens (including phenoxy) is 1. The molecular formula is C31H24Cl2F5IN2O6. The van der Waals surface area contributed by atoms with E-state index in [1.165, 1.54) is 19.2 Å². The molecule has 3 fully saturated rings. The number of benzene rings is 2. The molecule has 0 spiro atoms. The molecule has 6 rings (SSSR count). The summed E-state index contributed by atoms with van der Waals surface area (Å²) in [7, 11) is 1.24. The van der Waals surface area contributed by atoms with Gasteiger partial charge in [-0.2, -0.15) is 0 Å². The lowest BCUT2D eigenvalue weighted by atomic mass is 9.56. The molecule has 2 aromatic rings. The standard InChI is InChI=1S/C31H24Cl2F5IN2O6/c1-29(2,3)41-25(43)12-6-5-11-13(16(12)26(41)44)9-30(32)27(45)40(23-21(37)19(35)18(34)20(36)22(23)38)28(46)31(30,33)17(11)10-7-14(39)24(42)15(8-10)47-4/h5,7-8,12-13,16-17,42H,6,9H2,1-4H3/t12-,13+,16-,17-,30+,31-/m0/s1. The van der Waals surface area contributed by atoms with Crippen LogP contribution >= 0.6 is 45.8 Å². The first-order valence-electron chi connectivity index (χ1n) is 14.2. The number of aromatic hydroxyl groups is 1. The van der Waals surface area contributed by atoms with E-state index in [1.807, 2.05) is 0 Å². The van der Waals surface area contributed by atoms with Crippen molar-refractivity contribution in [2.45, 2.75) is 54.8 Å². The Bertz CT molecular complexity index is 1840. The normalized spacial score (nSPS) is 30.4. The van der Waals surface area contributed by atoms with E-state index in [0.717, 1.165) is 4.90 Å². The fraction of sp³-hybridized carbons (Fsp3) is 0.419. The van der Waals surface area contributed by atoms with Gasteiger partial charge >= 0.3 is 0 Å². The minimum Gasteiger partial charge on any atom is -0.504 e. The van der Waals surface area contributed by atoms with E-state index in [1.54, 1.807) is 49.4 Å². The van der Waals surface area contributed by atoms with E-state index in [-0.39, 0.29) is 32.0 Å². The Hall–Kier alpha value is -2.98. The smallest absolute Gasteiger partial charge is 0.258 e. The molecule has 0 unspecified atom stereocenters. The van der Waals surface area contributed by atoms with Crippen molar-refractivity contribution >= 4 is 75.1 Å². The van der Waals surface area contributed by atoms with Crippen molar-refractivity contribution in [1.82, 2.24) is 4.90 Å². The third-order valence-corrected chi connectivity index (χ3v) is 11.7. The monoisotopic (exact) mass is 812 g/mol. The number of carbonyl (C=O) groups is 4. The quantitative estimate of drug-likeness (QED) is 0.0770. The number of carbonyl (C=O) groups excluding carboxylic acids is 4. The fourth-order valence-corrected chi connectivity index (χ4v) is 9.08. The Labute approximate surface area is 287 Å². The molecule has 8 nitrogen and oxygen atoms in total. The second kappa shape index (κ2) is 10.8. The number of anilines is 1. The third kappa shape index (κ3) is 4.28. The lowest BCUT2D eigenvalue weighted by Crippen LogP contribution is -2.60. The summed E-state index contributed by atoms with van der Waals surface area (Å²) < 4.78 is 78.6. The fourth-order valence-electron chi connectivity index (χ4n) is 7.52. The first kappa shape index (κ1) is 33.9. The maximum absolute atomic E-state index is 15.2. The molecule has 2 saturated heterocycles. The molecule has 2 aliphatic carbocycles. The van der Waals surface area contributed by atoms with Crippen LogP contribution in [0.15, 0.2) is 23.8 Å². The molecule has 4 aliphatic rings. The highest BCUT2D eigenvalue weighted by atomic mass is 127. The summed E-state index contributed by atoms with van der Waals surface area (Å²) in [6.45, 7) is 4.99. The highest BCUT2D eigenvalue weighted by molar-refractivity contribution is 14.1. The number of phenols is 1. The number of hydrogen-bond donors (Lipinski definition) is 1. The van der Waals surface area contributed by atoms with Gasteiger partial charge in [0.25, 0.3) is 11.8 Å². The Morgan fingerprint density at radius 2 is 1.49 bits per heavy atom. The summed E-state index contributed by atoms with van der Waals surface area (Å²) in [5.74, 6) is -21.4. The molecule has 6 atom stereocenters. The number of rotatable bonds is 3. The Morgan fingerprint density at radius 1 is 0.915 bits per heavy atom. The minimum atomic E-state index is -2.68. The molecule has 250 valence electrons. The number of amides is 4. The molecule has 16 heteroatoms. The van der Waals surface area contributed by atoms with Gasteiger partial charge in [-0.05, 0) is 79.8 Å². The van der Waals surface area contributed by atoms with Crippen molar-refractivity contribution in [1.29, 1.82) is 0 Å². The Balaban J connectivity index is 1.63. The van der Waals surface area contributed by atoms with Gasteiger partial charge in [0.05, 0.1) is 22.5 Å². The van der Waals surface area contributed by atoms with Crippen LogP contribution in [-0.2, 0) is 19.2 Å². The van der Waals surface area contributed by atoms with Gasteiger partial charge in [0, 0.05) is 11.5 Å². The zero-order valence-electron chi connectivity index (χ0n) is 24.9. The van der Waals surface area contributed by atoms with Crippen LogP contribution < -0.4 is 9.64 Å². The molecular weight excluding hydrogens is 789 g/mol. The van der Waals surface area contributed by atoms with Gasteiger partial charge in [0.15, 0.2) is 44.5 Å². The van der Waals surface area contributed by atoms with Crippen LogP contribution in [0, 0.1) is 50.4 Å². The van der Waals surface area contributed by atoms with Crippen LogP contribution in [0.25, 0.3) is 0 Å². The summed E-state index contributed by atoms with van der Waals surface area (Å²) in [5, 5.41) is 10.6. The van der Waals surface area contributed by atoms with Gasteiger partial charge in [-0.25, -0.2) is 26.9 Å². The molecule has 1 saturated carbocycles.